The third-order valence-corrected chi connectivity index (χ3v) is 3.68. The molecule has 0 aliphatic carbocycles. The molecule has 0 radical (unpaired) electrons. The van der Waals surface area contributed by atoms with E-state index < -0.39 is 0 Å². The quantitative estimate of drug-likeness (QED) is 0.834. The molecular formula is C13H19ClN2OS. The average molecular weight is 287 g/mol. The van der Waals surface area contributed by atoms with Crippen molar-refractivity contribution in [1.82, 2.24) is 10.2 Å². The highest BCUT2D eigenvalue weighted by Gasteiger charge is 2.03. The molecule has 1 amide bonds. The second-order valence-corrected chi connectivity index (χ2v) is 5.63. The summed E-state index contributed by atoms with van der Waals surface area (Å²) in [4.78, 5) is 13.6. The van der Waals surface area contributed by atoms with E-state index >= 15 is 0 Å². The van der Waals surface area contributed by atoms with Crippen LogP contribution in [0.15, 0.2) is 24.3 Å². The Morgan fingerprint density at radius 1 is 1.39 bits per heavy atom. The molecule has 1 N–H and O–H groups in total. The summed E-state index contributed by atoms with van der Waals surface area (Å²) in [5.41, 5.74) is 1.07. The molecule has 0 aliphatic heterocycles. The first kappa shape index (κ1) is 15.3. The molecule has 1 rings (SSSR count). The normalized spacial score (nSPS) is 10.7. The molecule has 18 heavy (non-hydrogen) atoms. The number of halogens is 1. The summed E-state index contributed by atoms with van der Waals surface area (Å²) in [5, 5.41) is 3.64. The molecule has 0 bridgehead atoms. The third kappa shape index (κ3) is 6.28. The van der Waals surface area contributed by atoms with Gasteiger partial charge in [-0.1, -0.05) is 29.8 Å². The number of nitrogens with one attached hydrogen (secondary N) is 1. The Bertz CT molecular complexity index is 385. The van der Waals surface area contributed by atoms with Gasteiger partial charge in [0, 0.05) is 23.9 Å². The summed E-state index contributed by atoms with van der Waals surface area (Å²) in [7, 11) is 3.97. The predicted octanol–water partition coefficient (Wildman–Crippen LogP) is 2.25. The van der Waals surface area contributed by atoms with Gasteiger partial charge in [-0.3, -0.25) is 4.79 Å². The Morgan fingerprint density at radius 2 is 2.11 bits per heavy atom. The van der Waals surface area contributed by atoms with Crippen molar-refractivity contribution in [3.8, 4) is 0 Å². The lowest BCUT2D eigenvalue weighted by molar-refractivity contribution is -0.118. The third-order valence-electron chi connectivity index (χ3n) is 2.33. The summed E-state index contributed by atoms with van der Waals surface area (Å²) in [5.74, 6) is 1.31. The van der Waals surface area contributed by atoms with E-state index in [0.29, 0.717) is 12.3 Å². The van der Waals surface area contributed by atoms with Crippen LogP contribution in [-0.4, -0.2) is 43.7 Å². The topological polar surface area (TPSA) is 32.3 Å². The van der Waals surface area contributed by atoms with Crippen molar-refractivity contribution >= 4 is 29.3 Å². The highest BCUT2D eigenvalue weighted by Crippen LogP contribution is 2.20. The SMILES string of the molecule is CN(C)CCNC(=O)CSCc1ccccc1Cl. The van der Waals surface area contributed by atoms with Gasteiger partial charge in [0.05, 0.1) is 5.75 Å². The lowest BCUT2D eigenvalue weighted by atomic mass is 10.2. The van der Waals surface area contributed by atoms with E-state index in [9.17, 15) is 4.79 Å². The summed E-state index contributed by atoms with van der Waals surface area (Å²) < 4.78 is 0. The van der Waals surface area contributed by atoms with Crippen molar-refractivity contribution in [2.24, 2.45) is 0 Å². The fourth-order valence-electron chi connectivity index (χ4n) is 1.34. The minimum absolute atomic E-state index is 0.0777. The zero-order valence-electron chi connectivity index (χ0n) is 10.8. The van der Waals surface area contributed by atoms with Crippen LogP contribution in [0.5, 0.6) is 0 Å². The highest BCUT2D eigenvalue weighted by atomic mass is 35.5. The lowest BCUT2D eigenvalue weighted by Crippen LogP contribution is -2.32. The molecule has 3 nitrogen and oxygen atoms in total. The maximum Gasteiger partial charge on any atom is 0.230 e. The van der Waals surface area contributed by atoms with Crippen molar-refractivity contribution in [3.05, 3.63) is 34.9 Å². The Balaban J connectivity index is 2.18. The number of nitrogens with zero attached hydrogens (tertiary/aromatic N) is 1. The Hall–Kier alpha value is -0.710. The van der Waals surface area contributed by atoms with Gasteiger partial charge in [0.1, 0.15) is 0 Å². The average Bonchev–Trinajstić information content (AvgIpc) is 2.31. The minimum Gasteiger partial charge on any atom is -0.354 e. The molecule has 1 aromatic carbocycles. The molecule has 0 aromatic heterocycles. The smallest absolute Gasteiger partial charge is 0.230 e. The van der Waals surface area contributed by atoms with Crippen LogP contribution in [0.2, 0.25) is 5.02 Å². The van der Waals surface area contributed by atoms with Gasteiger partial charge >= 0.3 is 0 Å². The van der Waals surface area contributed by atoms with Crippen LogP contribution in [0, 0.1) is 0 Å². The number of hydrogen-bond donors (Lipinski definition) is 1. The van der Waals surface area contributed by atoms with Crippen molar-refractivity contribution in [1.29, 1.82) is 0 Å². The van der Waals surface area contributed by atoms with Crippen LogP contribution in [0.4, 0.5) is 0 Å². The number of carbonyl (C=O) groups is 1. The standard InChI is InChI=1S/C13H19ClN2OS/c1-16(2)8-7-15-13(17)10-18-9-11-5-3-4-6-12(11)14/h3-6H,7-10H2,1-2H3,(H,15,17). The van der Waals surface area contributed by atoms with Crippen LogP contribution in [-0.2, 0) is 10.5 Å². The van der Waals surface area contributed by atoms with Gasteiger partial charge in [0.2, 0.25) is 5.91 Å². The number of amides is 1. The first-order valence-electron chi connectivity index (χ1n) is 5.82. The summed E-state index contributed by atoms with van der Waals surface area (Å²) in [6.07, 6.45) is 0. The Morgan fingerprint density at radius 3 is 2.78 bits per heavy atom. The van der Waals surface area contributed by atoms with E-state index in [1.807, 2.05) is 43.3 Å². The number of carbonyl (C=O) groups excluding carboxylic acids is 1. The zero-order valence-corrected chi connectivity index (χ0v) is 12.4. The number of rotatable bonds is 7. The number of likely N-dealkylation sites (N-methyl/N-ethyl adjacent to an activating group) is 1. The van der Waals surface area contributed by atoms with Crippen LogP contribution >= 0.6 is 23.4 Å². The molecule has 0 saturated carbocycles. The van der Waals surface area contributed by atoms with Crippen LogP contribution in [0.3, 0.4) is 0 Å². The monoisotopic (exact) mass is 286 g/mol. The molecule has 0 spiro atoms. The van der Waals surface area contributed by atoms with Crippen molar-refractivity contribution in [3.63, 3.8) is 0 Å². The molecule has 0 unspecified atom stereocenters. The number of benzene rings is 1. The Kier molecular flexibility index (Phi) is 7.16. The lowest BCUT2D eigenvalue weighted by Gasteiger charge is -2.10. The van der Waals surface area contributed by atoms with Crippen LogP contribution < -0.4 is 5.32 Å². The molecule has 100 valence electrons. The minimum atomic E-state index is 0.0777. The first-order valence-corrected chi connectivity index (χ1v) is 7.35. The number of thioether (sulfide) groups is 1. The maximum absolute atomic E-state index is 11.5. The first-order chi connectivity index (χ1) is 8.59. The van der Waals surface area contributed by atoms with Gasteiger partial charge in [-0.15, -0.1) is 11.8 Å². The zero-order chi connectivity index (χ0) is 13.4. The molecule has 0 aliphatic rings. The second-order valence-electron chi connectivity index (χ2n) is 4.24. The van der Waals surface area contributed by atoms with Gasteiger partial charge in [0.25, 0.3) is 0 Å². The predicted molar refractivity (Wildman–Crippen MR) is 79.2 cm³/mol. The molecule has 0 atom stereocenters. The van der Waals surface area contributed by atoms with Gasteiger partial charge in [-0.2, -0.15) is 0 Å². The molecular weight excluding hydrogens is 268 g/mol. The fourth-order valence-corrected chi connectivity index (χ4v) is 2.48. The van der Waals surface area contributed by atoms with Crippen molar-refractivity contribution < 1.29 is 4.79 Å². The van der Waals surface area contributed by atoms with E-state index in [2.05, 4.69) is 5.32 Å². The van der Waals surface area contributed by atoms with Crippen LogP contribution in [0.25, 0.3) is 0 Å². The fraction of sp³-hybridized carbons (Fsp3) is 0.462. The van der Waals surface area contributed by atoms with Gasteiger partial charge in [-0.25, -0.2) is 0 Å². The van der Waals surface area contributed by atoms with Gasteiger partial charge in [0.15, 0.2) is 0 Å². The van der Waals surface area contributed by atoms with Crippen LogP contribution in [0.1, 0.15) is 5.56 Å². The van der Waals surface area contributed by atoms with Gasteiger partial charge < -0.3 is 10.2 Å². The van der Waals surface area contributed by atoms with E-state index in [-0.39, 0.29) is 5.91 Å². The van der Waals surface area contributed by atoms with Crippen molar-refractivity contribution in [2.75, 3.05) is 32.9 Å². The summed E-state index contributed by atoms with van der Waals surface area (Å²) in [6, 6.07) is 7.72. The highest BCUT2D eigenvalue weighted by molar-refractivity contribution is 7.99. The molecule has 0 saturated heterocycles. The molecule has 1 aromatic rings. The molecule has 5 heteroatoms. The molecule has 0 heterocycles. The molecule has 0 fully saturated rings. The summed E-state index contributed by atoms with van der Waals surface area (Å²) >= 11 is 7.62. The van der Waals surface area contributed by atoms with Crippen molar-refractivity contribution in [2.45, 2.75) is 5.75 Å². The Labute approximate surface area is 118 Å². The van der Waals surface area contributed by atoms with E-state index in [1.165, 1.54) is 0 Å². The summed E-state index contributed by atoms with van der Waals surface area (Å²) in [6.45, 7) is 1.55. The van der Waals surface area contributed by atoms with E-state index in [4.69, 9.17) is 11.6 Å². The maximum atomic E-state index is 11.5. The van der Waals surface area contributed by atoms with E-state index in [0.717, 1.165) is 22.9 Å². The van der Waals surface area contributed by atoms with Gasteiger partial charge in [-0.05, 0) is 25.7 Å². The second kappa shape index (κ2) is 8.40. The number of hydrogen-bond acceptors (Lipinski definition) is 3. The largest absolute Gasteiger partial charge is 0.354 e. The van der Waals surface area contributed by atoms with E-state index in [1.54, 1.807) is 11.8 Å².